The average molecular weight is 584 g/mol. The minimum Gasteiger partial charge on any atom is -0.354 e. The number of sulfonamides is 1. The fraction of sp³-hybridized carbons (Fsp3) is 0.355. The molecule has 9 heteroatoms. The summed E-state index contributed by atoms with van der Waals surface area (Å²) in [6.07, 6.45) is 1.74. The van der Waals surface area contributed by atoms with Gasteiger partial charge in [0, 0.05) is 18.1 Å². The Morgan fingerprint density at radius 1 is 0.925 bits per heavy atom. The molecule has 0 aliphatic carbocycles. The number of aryl methyl sites for hydroxylation is 3. The van der Waals surface area contributed by atoms with E-state index in [1.54, 1.807) is 37.3 Å². The third kappa shape index (κ3) is 7.86. The van der Waals surface area contributed by atoms with Crippen molar-refractivity contribution in [2.75, 3.05) is 17.4 Å². The molecule has 0 saturated carbocycles. The lowest BCUT2D eigenvalue weighted by Gasteiger charge is -2.32. The zero-order valence-corrected chi connectivity index (χ0v) is 25.3. The second-order valence-corrected chi connectivity index (χ2v) is 12.4. The van der Waals surface area contributed by atoms with Gasteiger partial charge in [-0.3, -0.25) is 13.9 Å². The lowest BCUT2D eigenvalue weighted by atomic mass is 10.1. The van der Waals surface area contributed by atoms with Crippen molar-refractivity contribution >= 4 is 39.1 Å². The summed E-state index contributed by atoms with van der Waals surface area (Å²) in [5.74, 6) is -0.800. The van der Waals surface area contributed by atoms with Crippen LogP contribution in [0.25, 0.3) is 0 Å². The number of rotatable bonds is 12. The molecule has 0 radical (unpaired) electrons. The van der Waals surface area contributed by atoms with Crippen molar-refractivity contribution < 1.29 is 18.0 Å². The molecular formula is C31H38ClN3O4S. The molecule has 2 amide bonds. The van der Waals surface area contributed by atoms with E-state index in [4.69, 9.17) is 11.6 Å². The zero-order valence-electron chi connectivity index (χ0n) is 23.8. The van der Waals surface area contributed by atoms with Crippen LogP contribution in [0.3, 0.4) is 0 Å². The molecule has 0 fully saturated rings. The topological polar surface area (TPSA) is 86.8 Å². The van der Waals surface area contributed by atoms with Gasteiger partial charge in [-0.25, -0.2) is 8.42 Å². The normalized spacial score (nSPS) is 12.1. The summed E-state index contributed by atoms with van der Waals surface area (Å²) in [6.45, 7) is 9.49. The van der Waals surface area contributed by atoms with Crippen molar-refractivity contribution in [3.63, 3.8) is 0 Å². The Balaban J connectivity index is 2.02. The Labute approximate surface area is 243 Å². The van der Waals surface area contributed by atoms with Crippen molar-refractivity contribution in [3.8, 4) is 0 Å². The van der Waals surface area contributed by atoms with Crippen LogP contribution >= 0.6 is 11.6 Å². The van der Waals surface area contributed by atoms with E-state index in [1.165, 1.54) is 17.0 Å². The lowest BCUT2D eigenvalue weighted by Crippen LogP contribution is -2.51. The van der Waals surface area contributed by atoms with Crippen molar-refractivity contribution in [2.45, 2.75) is 64.9 Å². The first-order valence-corrected chi connectivity index (χ1v) is 15.2. The summed E-state index contributed by atoms with van der Waals surface area (Å²) in [5.41, 5.74) is 3.85. The van der Waals surface area contributed by atoms with Crippen LogP contribution in [0.4, 0.5) is 5.69 Å². The van der Waals surface area contributed by atoms with Gasteiger partial charge in [0.15, 0.2) is 0 Å². The smallest absolute Gasteiger partial charge is 0.264 e. The second kappa shape index (κ2) is 13.8. The second-order valence-electron chi connectivity index (χ2n) is 10.1. The molecule has 0 bridgehead atoms. The molecule has 1 N–H and O–H groups in total. The molecule has 0 unspecified atom stereocenters. The number of anilines is 1. The van der Waals surface area contributed by atoms with Gasteiger partial charge in [0.2, 0.25) is 11.8 Å². The van der Waals surface area contributed by atoms with Crippen LogP contribution < -0.4 is 9.62 Å². The first-order valence-electron chi connectivity index (χ1n) is 13.4. The molecule has 3 aromatic rings. The van der Waals surface area contributed by atoms with E-state index >= 15 is 0 Å². The molecule has 0 saturated heterocycles. The van der Waals surface area contributed by atoms with E-state index in [9.17, 15) is 18.0 Å². The summed E-state index contributed by atoms with van der Waals surface area (Å²) in [7, 11) is -4.14. The van der Waals surface area contributed by atoms with Crippen molar-refractivity contribution in [2.24, 2.45) is 0 Å². The van der Waals surface area contributed by atoms with Crippen molar-refractivity contribution in [3.05, 3.63) is 94.0 Å². The standard InChI is InChI=1S/C31H38ClN3O4S/c1-6-7-18-33-31(37)25(5)34(20-26-13-8-22(2)9-14-26)30(36)21-35(27-15-12-24(4)29(32)19-27)40(38,39)28-16-10-23(3)11-17-28/h8-17,19,25H,6-7,18,20-21H2,1-5H3,(H,33,37)/t25-/m0/s1. The monoisotopic (exact) mass is 583 g/mol. The van der Waals surface area contributed by atoms with Crippen LogP contribution in [-0.4, -0.2) is 44.3 Å². The molecule has 7 nitrogen and oxygen atoms in total. The number of carbonyl (C=O) groups excluding carboxylic acids is 2. The Morgan fingerprint density at radius 2 is 1.52 bits per heavy atom. The predicted molar refractivity (Wildman–Crippen MR) is 161 cm³/mol. The maximum atomic E-state index is 14.0. The number of amides is 2. The van der Waals surface area contributed by atoms with Crippen LogP contribution in [-0.2, 0) is 26.2 Å². The van der Waals surface area contributed by atoms with Gasteiger partial charge in [0.05, 0.1) is 10.6 Å². The minimum absolute atomic E-state index is 0.0537. The third-order valence-electron chi connectivity index (χ3n) is 6.80. The number of benzene rings is 3. The van der Waals surface area contributed by atoms with E-state index in [0.717, 1.165) is 39.4 Å². The highest BCUT2D eigenvalue weighted by molar-refractivity contribution is 7.92. The number of halogens is 1. The number of hydrogen-bond acceptors (Lipinski definition) is 4. The third-order valence-corrected chi connectivity index (χ3v) is 9.00. The van der Waals surface area contributed by atoms with Crippen molar-refractivity contribution in [1.29, 1.82) is 0 Å². The molecule has 0 heterocycles. The SMILES string of the molecule is CCCCNC(=O)[C@H](C)N(Cc1ccc(C)cc1)C(=O)CN(c1ccc(C)c(Cl)c1)S(=O)(=O)c1ccc(C)cc1. The van der Waals surface area contributed by atoms with Crippen LogP contribution in [0, 0.1) is 20.8 Å². The molecule has 1 atom stereocenters. The average Bonchev–Trinajstić information content (AvgIpc) is 2.92. The fourth-order valence-electron chi connectivity index (χ4n) is 4.11. The minimum atomic E-state index is -4.14. The van der Waals surface area contributed by atoms with Crippen LogP contribution in [0.15, 0.2) is 71.6 Å². The largest absolute Gasteiger partial charge is 0.354 e. The quantitative estimate of drug-likeness (QED) is 0.273. The van der Waals surface area contributed by atoms with Gasteiger partial charge < -0.3 is 10.2 Å². The summed E-state index contributed by atoms with van der Waals surface area (Å²) in [5, 5.41) is 3.28. The van der Waals surface area contributed by atoms with Gasteiger partial charge in [0.25, 0.3) is 10.0 Å². The van der Waals surface area contributed by atoms with Gasteiger partial charge >= 0.3 is 0 Å². The molecule has 214 valence electrons. The highest BCUT2D eigenvalue weighted by Gasteiger charge is 2.32. The number of carbonyl (C=O) groups is 2. The predicted octanol–water partition coefficient (Wildman–Crippen LogP) is 5.79. The van der Waals surface area contributed by atoms with Gasteiger partial charge in [-0.2, -0.15) is 0 Å². The molecule has 3 rings (SSSR count). The molecule has 40 heavy (non-hydrogen) atoms. The first kappa shape index (κ1) is 31.2. The van der Waals surface area contributed by atoms with Crippen LogP contribution in [0.5, 0.6) is 0 Å². The van der Waals surface area contributed by atoms with E-state index < -0.39 is 28.5 Å². The number of nitrogens with one attached hydrogen (secondary N) is 1. The fourth-order valence-corrected chi connectivity index (χ4v) is 5.69. The summed E-state index contributed by atoms with van der Waals surface area (Å²) in [4.78, 5) is 28.5. The van der Waals surface area contributed by atoms with Crippen molar-refractivity contribution in [1.82, 2.24) is 10.2 Å². The van der Waals surface area contributed by atoms with Crippen LogP contribution in [0.2, 0.25) is 5.02 Å². The number of unbranched alkanes of at least 4 members (excludes halogenated alkanes) is 1. The molecule has 0 aromatic heterocycles. The van der Waals surface area contributed by atoms with E-state index in [1.807, 2.05) is 52.0 Å². The maximum Gasteiger partial charge on any atom is 0.264 e. The van der Waals surface area contributed by atoms with Crippen LogP contribution in [0.1, 0.15) is 48.9 Å². The Hall–Kier alpha value is -3.36. The Kier molecular flexibility index (Phi) is 10.8. The molecular weight excluding hydrogens is 546 g/mol. The molecule has 0 spiro atoms. The Morgan fingerprint density at radius 3 is 2.10 bits per heavy atom. The Bertz CT molecular complexity index is 1420. The van der Waals surface area contributed by atoms with E-state index in [-0.39, 0.29) is 23.0 Å². The molecule has 0 aliphatic rings. The highest BCUT2D eigenvalue weighted by Crippen LogP contribution is 2.28. The van der Waals surface area contributed by atoms with E-state index in [0.29, 0.717) is 11.6 Å². The zero-order chi connectivity index (χ0) is 29.4. The molecule has 0 aliphatic heterocycles. The van der Waals surface area contributed by atoms with E-state index in [2.05, 4.69) is 5.32 Å². The summed E-state index contributed by atoms with van der Waals surface area (Å²) >= 11 is 6.38. The molecule has 3 aromatic carbocycles. The first-order chi connectivity index (χ1) is 18.9. The van der Waals surface area contributed by atoms with Gasteiger partial charge in [-0.15, -0.1) is 0 Å². The van der Waals surface area contributed by atoms with Gasteiger partial charge in [-0.05, 0) is 69.5 Å². The van der Waals surface area contributed by atoms with Gasteiger partial charge in [-0.1, -0.05) is 78.5 Å². The summed E-state index contributed by atoms with van der Waals surface area (Å²) in [6, 6.07) is 18.2. The number of nitrogens with zero attached hydrogens (tertiary/aromatic N) is 2. The number of hydrogen-bond donors (Lipinski definition) is 1. The maximum absolute atomic E-state index is 14.0. The highest BCUT2D eigenvalue weighted by atomic mass is 35.5. The van der Waals surface area contributed by atoms with Gasteiger partial charge in [0.1, 0.15) is 12.6 Å². The summed E-state index contributed by atoms with van der Waals surface area (Å²) < 4.78 is 28.9. The lowest BCUT2D eigenvalue weighted by molar-refractivity contribution is -0.139.